The molecule has 0 amide bonds. The summed E-state index contributed by atoms with van der Waals surface area (Å²) in [4.78, 5) is 0. The number of allylic oxidation sites excluding steroid dienone is 4. The SMILES string of the molecule is C=CCC1(CC=C)CCC(CC=C)(CC=C)c2c(C(O)C=C)cccc21. The van der Waals surface area contributed by atoms with Crippen LogP contribution in [-0.4, -0.2) is 5.11 Å². The van der Waals surface area contributed by atoms with E-state index in [1.807, 2.05) is 30.4 Å². The highest BCUT2D eigenvalue weighted by Gasteiger charge is 2.46. The molecule has 0 aromatic heterocycles. The fourth-order valence-electron chi connectivity index (χ4n) is 4.82. The molecule has 1 nitrogen and oxygen atoms in total. The molecule has 0 aliphatic heterocycles. The topological polar surface area (TPSA) is 20.2 Å². The van der Waals surface area contributed by atoms with E-state index in [1.54, 1.807) is 6.08 Å². The molecule has 0 fully saturated rings. The van der Waals surface area contributed by atoms with Crippen molar-refractivity contribution < 1.29 is 5.11 Å². The standard InChI is InChI=1S/C25H32O/c1-6-14-24(15-7-2)18-19-25(16-8-3,17-9-4)23-20(22(26)10-5)12-11-13-21(23)24/h6-13,22,26H,1-5,14-19H2. The predicted octanol–water partition coefficient (Wildman–Crippen LogP) is 6.48. The zero-order valence-electron chi connectivity index (χ0n) is 15.9. The van der Waals surface area contributed by atoms with E-state index >= 15 is 0 Å². The molecule has 1 heteroatoms. The molecule has 0 saturated heterocycles. The Morgan fingerprint density at radius 2 is 1.35 bits per heavy atom. The normalized spacial score (nSPS) is 18.2. The van der Waals surface area contributed by atoms with Crippen LogP contribution in [0.1, 0.15) is 61.3 Å². The van der Waals surface area contributed by atoms with Crippen molar-refractivity contribution >= 4 is 0 Å². The minimum absolute atomic E-state index is 0.0123. The van der Waals surface area contributed by atoms with Gasteiger partial charge in [0.1, 0.15) is 0 Å². The van der Waals surface area contributed by atoms with Gasteiger partial charge in [0.2, 0.25) is 0 Å². The smallest absolute Gasteiger partial charge is 0.0972 e. The first-order valence-corrected chi connectivity index (χ1v) is 9.42. The van der Waals surface area contributed by atoms with Crippen molar-refractivity contribution in [2.24, 2.45) is 0 Å². The lowest BCUT2D eigenvalue weighted by Gasteiger charge is -2.49. The second kappa shape index (κ2) is 8.51. The van der Waals surface area contributed by atoms with Gasteiger partial charge in [-0.3, -0.25) is 0 Å². The maximum atomic E-state index is 10.7. The van der Waals surface area contributed by atoms with Crippen LogP contribution in [0.25, 0.3) is 0 Å². The molecule has 2 rings (SSSR count). The molecule has 0 heterocycles. The predicted molar refractivity (Wildman–Crippen MR) is 113 cm³/mol. The van der Waals surface area contributed by atoms with Crippen LogP contribution in [0.2, 0.25) is 0 Å². The minimum atomic E-state index is -0.679. The third kappa shape index (κ3) is 3.41. The number of aliphatic hydroxyl groups is 1. The van der Waals surface area contributed by atoms with E-state index in [4.69, 9.17) is 0 Å². The molecule has 1 aromatic carbocycles. The lowest BCUT2D eigenvalue weighted by molar-refractivity contribution is 0.215. The van der Waals surface area contributed by atoms with Crippen molar-refractivity contribution in [3.63, 3.8) is 0 Å². The van der Waals surface area contributed by atoms with Crippen LogP contribution >= 0.6 is 0 Å². The third-order valence-electron chi connectivity index (χ3n) is 5.96. The first kappa shape index (κ1) is 20.2. The Kier molecular flexibility index (Phi) is 6.61. The Morgan fingerprint density at radius 3 is 1.85 bits per heavy atom. The maximum absolute atomic E-state index is 10.7. The Balaban J connectivity index is 2.84. The highest BCUT2D eigenvalue weighted by Crippen LogP contribution is 2.54. The first-order chi connectivity index (χ1) is 12.5. The van der Waals surface area contributed by atoms with Gasteiger partial charge >= 0.3 is 0 Å². The average Bonchev–Trinajstić information content (AvgIpc) is 2.65. The van der Waals surface area contributed by atoms with E-state index in [1.165, 1.54) is 11.1 Å². The molecule has 1 aliphatic carbocycles. The van der Waals surface area contributed by atoms with E-state index in [9.17, 15) is 5.11 Å². The summed E-state index contributed by atoms with van der Waals surface area (Å²) in [6.07, 6.45) is 14.6. The molecule has 26 heavy (non-hydrogen) atoms. The summed E-state index contributed by atoms with van der Waals surface area (Å²) >= 11 is 0. The van der Waals surface area contributed by atoms with E-state index in [0.717, 1.165) is 44.1 Å². The van der Waals surface area contributed by atoms with Crippen molar-refractivity contribution in [1.82, 2.24) is 0 Å². The van der Waals surface area contributed by atoms with Crippen LogP contribution in [0.3, 0.4) is 0 Å². The fourth-order valence-corrected chi connectivity index (χ4v) is 4.82. The quantitative estimate of drug-likeness (QED) is 0.480. The number of benzene rings is 1. The number of aliphatic hydroxyl groups excluding tert-OH is 1. The van der Waals surface area contributed by atoms with Gasteiger partial charge in [0, 0.05) is 10.8 Å². The monoisotopic (exact) mass is 348 g/mol. The summed E-state index contributed by atoms with van der Waals surface area (Å²) in [5, 5.41) is 10.7. The van der Waals surface area contributed by atoms with Crippen LogP contribution in [0.5, 0.6) is 0 Å². The lowest BCUT2D eigenvalue weighted by atomic mass is 9.55. The lowest BCUT2D eigenvalue weighted by Crippen LogP contribution is -2.41. The summed E-state index contributed by atoms with van der Waals surface area (Å²) in [6, 6.07) is 6.31. The second-order valence-electron chi connectivity index (χ2n) is 7.48. The molecule has 138 valence electrons. The van der Waals surface area contributed by atoms with Gasteiger partial charge in [-0.15, -0.1) is 32.9 Å². The summed E-state index contributed by atoms with van der Waals surface area (Å²) in [5.74, 6) is 0. The highest BCUT2D eigenvalue weighted by molar-refractivity contribution is 5.50. The van der Waals surface area contributed by atoms with Gasteiger partial charge in [-0.05, 0) is 55.2 Å². The van der Waals surface area contributed by atoms with Crippen molar-refractivity contribution in [2.45, 2.75) is 55.5 Å². The van der Waals surface area contributed by atoms with Crippen molar-refractivity contribution in [2.75, 3.05) is 0 Å². The maximum Gasteiger partial charge on any atom is 0.0972 e. The van der Waals surface area contributed by atoms with Gasteiger partial charge in [-0.2, -0.15) is 0 Å². The molecule has 0 spiro atoms. The summed E-state index contributed by atoms with van der Waals surface area (Å²) in [6.45, 7) is 19.8. The zero-order chi connectivity index (χ0) is 19.2. The Labute approximate surface area is 159 Å². The van der Waals surface area contributed by atoms with Gasteiger partial charge in [-0.1, -0.05) is 48.6 Å². The van der Waals surface area contributed by atoms with E-state index in [-0.39, 0.29) is 10.8 Å². The summed E-state index contributed by atoms with van der Waals surface area (Å²) in [5.41, 5.74) is 3.43. The van der Waals surface area contributed by atoms with Crippen molar-refractivity contribution in [3.8, 4) is 0 Å². The highest BCUT2D eigenvalue weighted by atomic mass is 16.3. The van der Waals surface area contributed by atoms with Crippen LogP contribution < -0.4 is 0 Å². The zero-order valence-corrected chi connectivity index (χ0v) is 15.9. The Hall–Kier alpha value is -2.12. The van der Waals surface area contributed by atoms with Gasteiger partial charge in [0.15, 0.2) is 0 Å². The molecular formula is C25H32O. The molecule has 1 N–H and O–H groups in total. The second-order valence-corrected chi connectivity index (χ2v) is 7.48. The third-order valence-corrected chi connectivity index (χ3v) is 5.96. The molecule has 1 aromatic rings. The van der Waals surface area contributed by atoms with Crippen molar-refractivity contribution in [1.29, 1.82) is 0 Å². The number of rotatable bonds is 10. The first-order valence-electron chi connectivity index (χ1n) is 9.42. The van der Waals surface area contributed by atoms with Gasteiger partial charge in [-0.25, -0.2) is 0 Å². The Bertz CT molecular complexity index is 674. The van der Waals surface area contributed by atoms with Gasteiger partial charge in [0.05, 0.1) is 6.10 Å². The van der Waals surface area contributed by atoms with Crippen molar-refractivity contribution in [3.05, 3.63) is 98.2 Å². The van der Waals surface area contributed by atoms with E-state index < -0.39 is 6.10 Å². The largest absolute Gasteiger partial charge is 0.384 e. The summed E-state index contributed by atoms with van der Waals surface area (Å²) < 4.78 is 0. The van der Waals surface area contributed by atoms with Crippen LogP contribution in [0.15, 0.2) is 81.5 Å². The van der Waals surface area contributed by atoms with Gasteiger partial charge < -0.3 is 5.11 Å². The summed E-state index contributed by atoms with van der Waals surface area (Å²) in [7, 11) is 0. The molecule has 0 bridgehead atoms. The molecule has 0 saturated carbocycles. The van der Waals surface area contributed by atoms with Crippen LogP contribution in [0.4, 0.5) is 0 Å². The number of fused-ring (bicyclic) bond motifs is 1. The van der Waals surface area contributed by atoms with Crippen LogP contribution in [-0.2, 0) is 10.8 Å². The number of hydrogen-bond acceptors (Lipinski definition) is 1. The van der Waals surface area contributed by atoms with Crippen LogP contribution in [0, 0.1) is 0 Å². The van der Waals surface area contributed by atoms with Gasteiger partial charge in [0.25, 0.3) is 0 Å². The molecule has 1 atom stereocenters. The molecular weight excluding hydrogens is 316 g/mol. The molecule has 0 radical (unpaired) electrons. The number of hydrogen-bond donors (Lipinski definition) is 1. The fraction of sp³-hybridized carbons (Fsp3) is 0.360. The minimum Gasteiger partial charge on any atom is -0.384 e. The molecule has 1 unspecified atom stereocenters. The average molecular weight is 349 g/mol. The van der Waals surface area contributed by atoms with E-state index in [0.29, 0.717) is 0 Å². The Morgan fingerprint density at radius 1 is 0.846 bits per heavy atom. The molecule has 1 aliphatic rings. The van der Waals surface area contributed by atoms with E-state index in [2.05, 4.69) is 45.0 Å².